The van der Waals surface area contributed by atoms with Gasteiger partial charge in [-0.15, -0.1) is 0 Å². The number of hydrogen-bond acceptors (Lipinski definition) is 0. The van der Waals surface area contributed by atoms with Gasteiger partial charge < -0.3 is 0 Å². The summed E-state index contributed by atoms with van der Waals surface area (Å²) < 4.78 is 21.8. The second kappa shape index (κ2) is 11.1. The van der Waals surface area contributed by atoms with Crippen molar-refractivity contribution in [2.75, 3.05) is 0 Å². The number of rotatable bonds is 5. The van der Waals surface area contributed by atoms with E-state index < -0.39 is 7.26 Å². The van der Waals surface area contributed by atoms with E-state index in [0.717, 1.165) is 68.2 Å². The van der Waals surface area contributed by atoms with Crippen molar-refractivity contribution in [3.8, 4) is 22.4 Å². The number of fused-ring (bicyclic) bond motifs is 2. The molecule has 0 N–H and O–H groups in total. The zero-order chi connectivity index (χ0) is 30.5. The van der Waals surface area contributed by atoms with Gasteiger partial charge in [0.25, 0.3) is 0 Å². The van der Waals surface area contributed by atoms with E-state index >= 15 is 4.32 Å². The van der Waals surface area contributed by atoms with Crippen molar-refractivity contribution in [3.05, 3.63) is 179 Å². The molecule has 5 aromatic rings. The van der Waals surface area contributed by atoms with Crippen LogP contribution >= 0.6 is 0 Å². The predicted molar refractivity (Wildman–Crippen MR) is 185 cm³/mol. The van der Waals surface area contributed by atoms with E-state index in [0.29, 0.717) is 0 Å². The molecule has 4 aromatic carbocycles. The fourth-order valence-corrected chi connectivity index (χ4v) is 7.31. The van der Waals surface area contributed by atoms with Crippen molar-refractivity contribution >= 4 is 24.1 Å². The SMILES string of the molecule is CC1=C(C2=C3C(c4ccccc4)=CC(c4ccccc4)=[N+]3B(F)n3c(-c4ccccc4)cc(-c4ccccc4)c32)C(C)CC=C1. The quantitative estimate of drug-likeness (QED) is 0.182. The molecule has 3 aliphatic rings. The minimum Gasteiger partial charge on any atom is -0.285 e. The van der Waals surface area contributed by atoms with Crippen molar-refractivity contribution in [2.24, 2.45) is 5.92 Å². The van der Waals surface area contributed by atoms with E-state index in [4.69, 9.17) is 0 Å². The lowest BCUT2D eigenvalue weighted by atomic mass is 9.77. The lowest BCUT2D eigenvalue weighted by Crippen LogP contribution is -2.41. The highest BCUT2D eigenvalue weighted by molar-refractivity contribution is 6.46. The number of allylic oxidation sites excluding steroid dienone is 7. The summed E-state index contributed by atoms with van der Waals surface area (Å²) in [6.07, 6.45) is 7.65. The van der Waals surface area contributed by atoms with Gasteiger partial charge in [0.1, 0.15) is 0 Å². The summed E-state index contributed by atoms with van der Waals surface area (Å²) in [6, 6.07) is 43.6. The minimum atomic E-state index is -1.46. The van der Waals surface area contributed by atoms with E-state index in [1.807, 2.05) is 57.5 Å². The molecule has 1 unspecified atom stereocenters. The Morgan fingerprint density at radius 3 is 1.89 bits per heavy atom. The molecule has 0 spiro atoms. The average Bonchev–Trinajstić information content (AvgIpc) is 3.69. The van der Waals surface area contributed by atoms with Crippen molar-refractivity contribution in [1.82, 2.24) is 4.48 Å². The van der Waals surface area contributed by atoms with Crippen LogP contribution in [-0.2, 0) is 0 Å². The van der Waals surface area contributed by atoms with Crippen LogP contribution in [0.15, 0.2) is 162 Å². The summed E-state index contributed by atoms with van der Waals surface area (Å²) >= 11 is 0. The van der Waals surface area contributed by atoms with E-state index in [-0.39, 0.29) is 5.92 Å². The fraction of sp³-hybridized carbons (Fsp3) is 0.0976. The van der Waals surface area contributed by atoms with E-state index in [2.05, 4.69) is 111 Å². The highest BCUT2D eigenvalue weighted by Gasteiger charge is 2.55. The largest absolute Gasteiger partial charge is 0.847 e. The third-order valence-corrected chi connectivity index (χ3v) is 9.33. The molecule has 3 heterocycles. The predicted octanol–water partition coefficient (Wildman–Crippen LogP) is 9.86. The third-order valence-electron chi connectivity index (χ3n) is 9.33. The molecule has 1 atom stereocenters. The van der Waals surface area contributed by atoms with Crippen LogP contribution in [0.25, 0.3) is 33.5 Å². The molecule has 0 bridgehead atoms. The number of aromatic nitrogens is 1. The Hall–Kier alpha value is -5.22. The smallest absolute Gasteiger partial charge is 0.285 e. The van der Waals surface area contributed by atoms with Gasteiger partial charge in [0, 0.05) is 22.9 Å². The van der Waals surface area contributed by atoms with Crippen LogP contribution in [0, 0.1) is 5.92 Å². The van der Waals surface area contributed by atoms with Gasteiger partial charge in [-0.05, 0) is 65.3 Å². The summed E-state index contributed by atoms with van der Waals surface area (Å²) in [4.78, 5) is 0. The highest BCUT2D eigenvalue weighted by Crippen LogP contribution is 2.51. The first-order valence-electron chi connectivity index (χ1n) is 15.7. The molecule has 8 rings (SSSR count). The molecule has 0 radical (unpaired) electrons. The third kappa shape index (κ3) is 4.43. The van der Waals surface area contributed by atoms with Crippen LogP contribution in [0.2, 0.25) is 0 Å². The maximum absolute atomic E-state index is 17.9. The first-order valence-corrected chi connectivity index (χ1v) is 15.7. The van der Waals surface area contributed by atoms with Crippen molar-refractivity contribution in [3.63, 3.8) is 0 Å². The van der Waals surface area contributed by atoms with E-state index in [9.17, 15) is 0 Å². The van der Waals surface area contributed by atoms with Crippen LogP contribution in [0.5, 0.6) is 0 Å². The molecule has 45 heavy (non-hydrogen) atoms. The van der Waals surface area contributed by atoms with Crippen LogP contribution in [0.1, 0.15) is 37.1 Å². The van der Waals surface area contributed by atoms with Gasteiger partial charge in [-0.3, -0.25) is 4.48 Å². The Bertz CT molecular complexity index is 2080. The van der Waals surface area contributed by atoms with Gasteiger partial charge in [-0.1, -0.05) is 128 Å². The molecule has 0 amide bonds. The maximum atomic E-state index is 17.9. The van der Waals surface area contributed by atoms with Gasteiger partial charge >= 0.3 is 7.26 Å². The van der Waals surface area contributed by atoms with Crippen molar-refractivity contribution in [1.29, 1.82) is 0 Å². The molecule has 1 aromatic heterocycles. The van der Waals surface area contributed by atoms with Crippen LogP contribution in [0.4, 0.5) is 4.32 Å². The summed E-state index contributed by atoms with van der Waals surface area (Å²) in [5, 5.41) is 0. The topological polar surface area (TPSA) is 7.94 Å². The Morgan fingerprint density at radius 2 is 1.29 bits per heavy atom. The minimum absolute atomic E-state index is 0.264. The number of benzene rings is 4. The first kappa shape index (κ1) is 27.3. The summed E-state index contributed by atoms with van der Waals surface area (Å²) in [5.41, 5.74) is 13.4. The van der Waals surface area contributed by atoms with Crippen LogP contribution in [-0.4, -0.2) is 21.9 Å². The van der Waals surface area contributed by atoms with Gasteiger partial charge in [-0.2, -0.15) is 0 Å². The van der Waals surface area contributed by atoms with Crippen LogP contribution in [0.3, 0.4) is 0 Å². The average molecular weight is 584 g/mol. The van der Waals surface area contributed by atoms with Crippen LogP contribution < -0.4 is 0 Å². The normalized spacial score (nSPS) is 17.5. The molecular formula is C41H33BFN2+. The van der Waals surface area contributed by atoms with Gasteiger partial charge in [0.05, 0.1) is 16.8 Å². The first-order chi connectivity index (χ1) is 22.1. The molecule has 216 valence electrons. The highest BCUT2D eigenvalue weighted by atomic mass is 19.1. The zero-order valence-corrected chi connectivity index (χ0v) is 25.5. The molecular weight excluding hydrogens is 550 g/mol. The zero-order valence-electron chi connectivity index (χ0n) is 25.5. The Labute approximate surface area is 264 Å². The van der Waals surface area contributed by atoms with Gasteiger partial charge in [0.15, 0.2) is 5.71 Å². The summed E-state index contributed by atoms with van der Waals surface area (Å²) in [7, 11) is -1.46. The Morgan fingerprint density at radius 1 is 0.733 bits per heavy atom. The Kier molecular flexibility index (Phi) is 6.71. The maximum Gasteiger partial charge on any atom is 0.847 e. The van der Waals surface area contributed by atoms with E-state index in [1.54, 1.807) is 0 Å². The van der Waals surface area contributed by atoms with Crippen molar-refractivity contribution < 1.29 is 8.80 Å². The molecule has 2 nitrogen and oxygen atoms in total. The number of nitrogens with zero attached hydrogens (tertiary/aromatic N) is 2. The lowest BCUT2D eigenvalue weighted by molar-refractivity contribution is -0.332. The fourth-order valence-electron chi connectivity index (χ4n) is 7.31. The Balaban J connectivity index is 1.57. The summed E-state index contributed by atoms with van der Waals surface area (Å²) in [6.45, 7) is 4.51. The second-order valence-corrected chi connectivity index (χ2v) is 12.1. The molecule has 0 saturated carbocycles. The second-order valence-electron chi connectivity index (χ2n) is 12.1. The monoisotopic (exact) mass is 583 g/mol. The lowest BCUT2D eigenvalue weighted by Gasteiger charge is -2.29. The number of halogens is 1. The summed E-state index contributed by atoms with van der Waals surface area (Å²) in [5.74, 6) is 0.264. The number of hydrogen-bond donors (Lipinski definition) is 0. The molecule has 0 saturated heterocycles. The van der Waals surface area contributed by atoms with Gasteiger partial charge in [0.2, 0.25) is 5.70 Å². The van der Waals surface area contributed by atoms with Gasteiger partial charge in [-0.25, -0.2) is 8.80 Å². The molecule has 1 aliphatic carbocycles. The standard InChI is InChI=1S/C41H33BFN2/c1-28-16-15-17-29(2)38(28)39-40-34(30-18-7-3-8-19-30)26-36(32-22-11-5-12-23-32)44(40)42(43)45-37(33-24-13-6-14-25-33)27-35(41(39)45)31-20-9-4-10-21-31/h3-16,18-27,29H,17H2,1-2H3/q+1. The molecule has 0 fully saturated rings. The molecule has 4 heteroatoms. The van der Waals surface area contributed by atoms with Crippen molar-refractivity contribution in [2.45, 2.75) is 20.3 Å². The molecule has 2 aliphatic heterocycles. The van der Waals surface area contributed by atoms with E-state index in [1.165, 1.54) is 11.1 Å².